The molecule has 0 aliphatic heterocycles. The number of aromatic nitrogens is 1. The van der Waals surface area contributed by atoms with Crippen LogP contribution >= 0.6 is 11.3 Å². The number of amides is 1. The lowest BCUT2D eigenvalue weighted by Gasteiger charge is -2.21. The zero-order valence-corrected chi connectivity index (χ0v) is 18.3. The van der Waals surface area contributed by atoms with Gasteiger partial charge in [0.25, 0.3) is 0 Å². The van der Waals surface area contributed by atoms with Crippen molar-refractivity contribution in [2.24, 2.45) is 5.73 Å². The number of primary amides is 1. The highest BCUT2D eigenvalue weighted by molar-refractivity contribution is 7.89. The van der Waals surface area contributed by atoms with Crippen LogP contribution in [0.5, 0.6) is 5.75 Å². The molecule has 8 nitrogen and oxygen atoms in total. The Morgan fingerprint density at radius 3 is 2.40 bits per heavy atom. The summed E-state index contributed by atoms with van der Waals surface area (Å²) in [4.78, 5) is 16.1. The third-order valence-electron chi connectivity index (χ3n) is 3.83. The number of benzene rings is 2. The Hall–Kier alpha value is -2.95. The second-order valence-corrected chi connectivity index (χ2v) is 10.3. The highest BCUT2D eigenvalue weighted by Gasteiger charge is 2.27. The number of carbonyl (C=O) groups is 1. The molecule has 0 spiro atoms. The number of carbonyl (C=O) groups excluding carboxylic acids is 1. The van der Waals surface area contributed by atoms with Crippen LogP contribution in [0.2, 0.25) is 0 Å². The lowest BCUT2D eigenvalue weighted by molar-refractivity contribution is 0.210. The Bertz CT molecular complexity index is 1180. The largest absolute Gasteiger partial charge is 0.410 e. The maximum Gasteiger partial charge on any atom is 0.409 e. The number of rotatable bonds is 5. The summed E-state index contributed by atoms with van der Waals surface area (Å²) in [6.07, 6.45) is 0.578. The van der Waals surface area contributed by atoms with Gasteiger partial charge in [0.15, 0.2) is 0 Å². The molecule has 0 atom stereocenters. The van der Waals surface area contributed by atoms with Gasteiger partial charge in [-0.2, -0.15) is 0 Å². The van der Waals surface area contributed by atoms with E-state index in [2.05, 4.69) is 9.71 Å². The maximum atomic E-state index is 13.1. The van der Waals surface area contributed by atoms with E-state index in [0.717, 1.165) is 10.6 Å². The first kappa shape index (κ1) is 21.8. The summed E-state index contributed by atoms with van der Waals surface area (Å²) >= 11 is 1.34. The fourth-order valence-corrected chi connectivity index (χ4v) is 5.40. The van der Waals surface area contributed by atoms with Crippen LogP contribution in [0, 0.1) is 0 Å². The Labute approximate surface area is 178 Å². The number of thiazole rings is 1. The van der Waals surface area contributed by atoms with Crippen LogP contribution in [0.25, 0.3) is 21.0 Å². The van der Waals surface area contributed by atoms with Crippen molar-refractivity contribution >= 4 is 33.1 Å². The van der Waals surface area contributed by atoms with E-state index in [9.17, 15) is 13.2 Å². The van der Waals surface area contributed by atoms with Crippen LogP contribution in [-0.4, -0.2) is 25.0 Å². The highest BCUT2D eigenvalue weighted by atomic mass is 32.2. The Morgan fingerprint density at radius 1 is 1.13 bits per heavy atom. The molecular formula is C20H22N4O4S2. The molecule has 0 saturated heterocycles. The number of nitrogens with one attached hydrogen (secondary N) is 1. The molecular weight excluding hydrogens is 424 g/mol. The minimum atomic E-state index is -3.94. The lowest BCUT2D eigenvalue weighted by Crippen LogP contribution is -2.40. The highest BCUT2D eigenvalue weighted by Crippen LogP contribution is 2.37. The Balaban J connectivity index is 2.10. The Kier molecular flexibility index (Phi) is 5.84. The first-order valence-electron chi connectivity index (χ1n) is 8.92. The fraction of sp³-hybridized carbons (Fsp3) is 0.200. The van der Waals surface area contributed by atoms with E-state index >= 15 is 0 Å². The molecule has 5 N–H and O–H groups in total. The monoisotopic (exact) mass is 446 g/mol. The number of nitrogens with zero attached hydrogens (tertiary/aromatic N) is 1. The standard InChI is InChI=1S/C20H22N4O4S2/c1-20(2,3)24-30(26,27)17-10-14(28-19(22)25)8-9-15(17)16-11-23-18(29-16)12-4-6-13(21)7-5-12/h4-11,24H,21H2,1-3H3,(H2,22,25). The van der Waals surface area contributed by atoms with Crippen molar-refractivity contribution in [1.82, 2.24) is 9.71 Å². The van der Waals surface area contributed by atoms with Crippen LogP contribution in [0.1, 0.15) is 20.8 Å². The van der Waals surface area contributed by atoms with Gasteiger partial charge in [-0.25, -0.2) is 22.9 Å². The van der Waals surface area contributed by atoms with Crippen molar-refractivity contribution in [2.45, 2.75) is 31.2 Å². The zero-order chi connectivity index (χ0) is 22.1. The van der Waals surface area contributed by atoms with E-state index in [4.69, 9.17) is 16.2 Å². The van der Waals surface area contributed by atoms with Gasteiger partial charge in [-0.3, -0.25) is 0 Å². The number of sulfonamides is 1. The molecule has 3 rings (SSSR count). The number of hydrogen-bond donors (Lipinski definition) is 3. The average molecular weight is 447 g/mol. The predicted octanol–water partition coefficient (Wildman–Crippen LogP) is 3.59. The summed E-state index contributed by atoms with van der Waals surface area (Å²) in [5.74, 6) is 0.0313. The van der Waals surface area contributed by atoms with Crippen molar-refractivity contribution in [2.75, 3.05) is 5.73 Å². The molecule has 3 aromatic rings. The van der Waals surface area contributed by atoms with Gasteiger partial charge in [0, 0.05) is 34.6 Å². The summed E-state index contributed by atoms with van der Waals surface area (Å²) in [5, 5.41) is 0.717. The molecule has 0 bridgehead atoms. The second kappa shape index (κ2) is 8.05. The van der Waals surface area contributed by atoms with Gasteiger partial charge in [-0.15, -0.1) is 11.3 Å². The second-order valence-electron chi connectivity index (χ2n) is 7.59. The van der Waals surface area contributed by atoms with Crippen molar-refractivity contribution in [1.29, 1.82) is 0 Å². The average Bonchev–Trinajstić information content (AvgIpc) is 3.09. The van der Waals surface area contributed by atoms with Gasteiger partial charge >= 0.3 is 6.09 Å². The summed E-state index contributed by atoms with van der Waals surface area (Å²) < 4.78 is 33.7. The third-order valence-corrected chi connectivity index (χ3v) is 6.71. The summed E-state index contributed by atoms with van der Waals surface area (Å²) in [6, 6.07) is 11.6. The molecule has 30 heavy (non-hydrogen) atoms. The first-order chi connectivity index (χ1) is 13.9. The summed E-state index contributed by atoms with van der Waals surface area (Å²) in [6.45, 7) is 5.21. The lowest BCUT2D eigenvalue weighted by atomic mass is 10.1. The number of anilines is 1. The van der Waals surface area contributed by atoms with Crippen LogP contribution < -0.4 is 20.9 Å². The number of nitrogens with two attached hydrogens (primary N) is 2. The van der Waals surface area contributed by atoms with Gasteiger partial charge < -0.3 is 16.2 Å². The van der Waals surface area contributed by atoms with E-state index in [1.165, 1.54) is 23.5 Å². The number of hydrogen-bond acceptors (Lipinski definition) is 7. The predicted molar refractivity (Wildman–Crippen MR) is 118 cm³/mol. The molecule has 1 aromatic heterocycles. The molecule has 2 aromatic carbocycles. The van der Waals surface area contributed by atoms with Gasteiger partial charge in [0.05, 0.1) is 9.77 Å². The maximum absolute atomic E-state index is 13.1. The number of nitrogen functional groups attached to an aromatic ring is 1. The van der Waals surface area contributed by atoms with Crippen molar-refractivity contribution in [3.8, 4) is 26.8 Å². The van der Waals surface area contributed by atoms with Gasteiger partial charge in [-0.05, 0) is 57.2 Å². The van der Waals surface area contributed by atoms with E-state index in [-0.39, 0.29) is 10.6 Å². The minimum absolute atomic E-state index is 0.0313. The van der Waals surface area contributed by atoms with Crippen LogP contribution in [0.3, 0.4) is 0 Å². The van der Waals surface area contributed by atoms with Gasteiger partial charge in [-0.1, -0.05) is 0 Å². The fourth-order valence-electron chi connectivity index (χ4n) is 2.72. The SMILES string of the molecule is CC(C)(C)NS(=O)(=O)c1cc(OC(N)=O)ccc1-c1cnc(-c2ccc(N)cc2)s1. The van der Waals surface area contributed by atoms with E-state index in [1.807, 2.05) is 12.1 Å². The summed E-state index contributed by atoms with van der Waals surface area (Å²) in [7, 11) is -3.94. The molecule has 0 aliphatic carbocycles. The van der Waals surface area contributed by atoms with Gasteiger partial charge in [0.1, 0.15) is 10.8 Å². The van der Waals surface area contributed by atoms with Crippen molar-refractivity contribution in [3.63, 3.8) is 0 Å². The first-order valence-corrected chi connectivity index (χ1v) is 11.2. The molecule has 1 heterocycles. The molecule has 0 fully saturated rings. The zero-order valence-electron chi connectivity index (χ0n) is 16.7. The molecule has 0 saturated carbocycles. The molecule has 1 amide bonds. The molecule has 0 unspecified atom stereocenters. The van der Waals surface area contributed by atoms with Crippen LogP contribution in [-0.2, 0) is 10.0 Å². The molecule has 10 heteroatoms. The van der Waals surface area contributed by atoms with Gasteiger partial charge in [0.2, 0.25) is 10.0 Å². The smallest absolute Gasteiger partial charge is 0.409 e. The van der Waals surface area contributed by atoms with Crippen LogP contribution in [0.15, 0.2) is 53.6 Å². The Morgan fingerprint density at radius 2 is 1.80 bits per heavy atom. The van der Waals surface area contributed by atoms with Crippen LogP contribution in [0.4, 0.5) is 10.5 Å². The van der Waals surface area contributed by atoms with E-state index < -0.39 is 21.7 Å². The quantitative estimate of drug-likeness (QED) is 0.512. The topological polar surface area (TPSA) is 137 Å². The van der Waals surface area contributed by atoms with Crippen molar-refractivity contribution < 1.29 is 17.9 Å². The normalized spacial score (nSPS) is 12.0. The van der Waals surface area contributed by atoms with E-state index in [0.29, 0.717) is 16.1 Å². The molecule has 0 radical (unpaired) electrons. The van der Waals surface area contributed by atoms with E-state index in [1.54, 1.807) is 45.2 Å². The third kappa shape index (κ3) is 5.15. The molecule has 0 aliphatic rings. The minimum Gasteiger partial charge on any atom is -0.410 e. The molecule has 158 valence electrons. The van der Waals surface area contributed by atoms with Crippen molar-refractivity contribution in [3.05, 3.63) is 48.7 Å². The summed E-state index contributed by atoms with van der Waals surface area (Å²) in [5.41, 5.74) is 12.0. The number of ether oxygens (including phenoxy) is 1.